The Balaban J connectivity index is 2.01. The van der Waals surface area contributed by atoms with Crippen molar-refractivity contribution in [1.82, 2.24) is 0 Å². The van der Waals surface area contributed by atoms with Crippen LogP contribution in [0.4, 0.5) is 8.78 Å². The lowest BCUT2D eigenvalue weighted by atomic mass is 10.1. The fourth-order valence-corrected chi connectivity index (χ4v) is 2.73. The summed E-state index contributed by atoms with van der Waals surface area (Å²) in [7, 11) is 0. The minimum Gasteiger partial charge on any atom is -0.388 e. The molecule has 0 aromatic heterocycles. The molecule has 100 valence electrons. The number of thioether (sulfide) groups is 1. The van der Waals surface area contributed by atoms with Gasteiger partial charge in [0.25, 0.3) is 0 Å². The zero-order chi connectivity index (χ0) is 13.8. The van der Waals surface area contributed by atoms with E-state index in [1.165, 1.54) is 17.8 Å². The number of benzene rings is 2. The molecule has 0 heterocycles. The minimum absolute atomic E-state index is 0.339. The van der Waals surface area contributed by atoms with E-state index in [-0.39, 0.29) is 0 Å². The highest BCUT2D eigenvalue weighted by Gasteiger charge is 2.11. The maximum atomic E-state index is 13.0. The van der Waals surface area contributed by atoms with Gasteiger partial charge in [-0.05, 0) is 35.9 Å². The van der Waals surface area contributed by atoms with Crippen molar-refractivity contribution in [2.45, 2.75) is 11.0 Å². The standard InChI is InChI=1S/C14H11ClF2OS/c15-10-2-1-3-11(7-10)19-8-14(18)9-4-5-12(16)13(17)6-9/h1-7,14,18H,8H2. The number of hydrogen-bond donors (Lipinski definition) is 1. The smallest absolute Gasteiger partial charge is 0.159 e. The lowest BCUT2D eigenvalue weighted by molar-refractivity contribution is 0.203. The Morgan fingerprint density at radius 3 is 2.58 bits per heavy atom. The summed E-state index contributed by atoms with van der Waals surface area (Å²) in [6, 6.07) is 10.6. The van der Waals surface area contributed by atoms with Gasteiger partial charge < -0.3 is 5.11 Å². The molecule has 1 atom stereocenters. The molecule has 0 aliphatic rings. The van der Waals surface area contributed by atoms with Crippen LogP contribution in [0.15, 0.2) is 47.4 Å². The van der Waals surface area contributed by atoms with E-state index in [9.17, 15) is 13.9 Å². The Hall–Kier alpha value is -1.10. The Morgan fingerprint density at radius 2 is 1.89 bits per heavy atom. The zero-order valence-electron chi connectivity index (χ0n) is 9.82. The molecular weight excluding hydrogens is 290 g/mol. The number of halogens is 3. The predicted molar refractivity (Wildman–Crippen MR) is 73.5 cm³/mol. The largest absolute Gasteiger partial charge is 0.388 e. The molecule has 2 rings (SSSR count). The molecule has 0 fully saturated rings. The van der Waals surface area contributed by atoms with Crippen LogP contribution in [0.2, 0.25) is 5.02 Å². The average molecular weight is 301 g/mol. The number of aliphatic hydroxyl groups is 1. The van der Waals surface area contributed by atoms with Crippen LogP contribution in [0.1, 0.15) is 11.7 Å². The fourth-order valence-electron chi connectivity index (χ4n) is 1.55. The summed E-state index contributed by atoms with van der Waals surface area (Å²) in [4.78, 5) is 0.911. The second-order valence-corrected chi connectivity index (χ2v) is 5.49. The first-order valence-electron chi connectivity index (χ1n) is 5.57. The van der Waals surface area contributed by atoms with Crippen molar-refractivity contribution in [3.63, 3.8) is 0 Å². The maximum absolute atomic E-state index is 13.0. The first-order valence-corrected chi connectivity index (χ1v) is 6.94. The number of aliphatic hydroxyl groups excluding tert-OH is 1. The highest BCUT2D eigenvalue weighted by molar-refractivity contribution is 7.99. The summed E-state index contributed by atoms with van der Waals surface area (Å²) < 4.78 is 25.8. The molecule has 1 N–H and O–H groups in total. The molecule has 19 heavy (non-hydrogen) atoms. The van der Waals surface area contributed by atoms with Crippen LogP contribution in [-0.4, -0.2) is 10.9 Å². The summed E-state index contributed by atoms with van der Waals surface area (Å²) in [6.07, 6.45) is -0.862. The molecule has 0 saturated carbocycles. The van der Waals surface area contributed by atoms with Crippen LogP contribution in [0.3, 0.4) is 0 Å². The van der Waals surface area contributed by atoms with Crippen molar-refractivity contribution < 1.29 is 13.9 Å². The van der Waals surface area contributed by atoms with Gasteiger partial charge in [-0.2, -0.15) is 0 Å². The molecule has 5 heteroatoms. The lowest BCUT2D eigenvalue weighted by Crippen LogP contribution is -2.01. The summed E-state index contributed by atoms with van der Waals surface area (Å²) in [5.74, 6) is -1.53. The van der Waals surface area contributed by atoms with Crippen LogP contribution in [-0.2, 0) is 0 Å². The molecule has 0 spiro atoms. The molecule has 2 aromatic carbocycles. The third kappa shape index (κ3) is 3.93. The van der Waals surface area contributed by atoms with Crippen molar-refractivity contribution in [1.29, 1.82) is 0 Å². The minimum atomic E-state index is -0.954. The van der Waals surface area contributed by atoms with Crippen molar-refractivity contribution in [2.75, 3.05) is 5.75 Å². The van der Waals surface area contributed by atoms with Crippen LogP contribution < -0.4 is 0 Å². The van der Waals surface area contributed by atoms with Crippen LogP contribution in [0.5, 0.6) is 0 Å². The van der Waals surface area contributed by atoms with Gasteiger partial charge in [-0.15, -0.1) is 11.8 Å². The van der Waals surface area contributed by atoms with Gasteiger partial charge in [-0.1, -0.05) is 23.7 Å². The van der Waals surface area contributed by atoms with Crippen molar-refractivity contribution >= 4 is 23.4 Å². The van der Waals surface area contributed by atoms with Gasteiger partial charge in [0.15, 0.2) is 11.6 Å². The third-order valence-corrected chi connectivity index (χ3v) is 3.84. The molecule has 1 unspecified atom stereocenters. The predicted octanol–water partition coefficient (Wildman–Crippen LogP) is 4.44. The van der Waals surface area contributed by atoms with Gasteiger partial charge in [-0.3, -0.25) is 0 Å². The molecule has 0 amide bonds. The molecular formula is C14H11ClF2OS. The Kier molecular flexibility index (Phi) is 4.80. The summed E-state index contributed by atoms with van der Waals surface area (Å²) >= 11 is 7.25. The monoisotopic (exact) mass is 300 g/mol. The van der Waals surface area contributed by atoms with Gasteiger partial charge in [-0.25, -0.2) is 8.78 Å². The van der Waals surface area contributed by atoms with Gasteiger partial charge in [0.1, 0.15) is 0 Å². The molecule has 1 nitrogen and oxygen atoms in total. The van der Waals surface area contributed by atoms with Crippen molar-refractivity contribution in [2.24, 2.45) is 0 Å². The molecule has 0 radical (unpaired) electrons. The van der Waals surface area contributed by atoms with Gasteiger partial charge in [0.05, 0.1) is 6.10 Å². The lowest BCUT2D eigenvalue weighted by Gasteiger charge is -2.11. The molecule has 0 saturated heterocycles. The quantitative estimate of drug-likeness (QED) is 0.842. The SMILES string of the molecule is OC(CSc1cccc(Cl)c1)c1ccc(F)c(F)c1. The van der Waals surface area contributed by atoms with Gasteiger partial charge in [0.2, 0.25) is 0 Å². The van der Waals surface area contributed by atoms with E-state index >= 15 is 0 Å². The summed E-state index contributed by atoms with van der Waals surface area (Å²) in [6.45, 7) is 0. The summed E-state index contributed by atoms with van der Waals surface area (Å²) in [5, 5.41) is 10.5. The Morgan fingerprint density at radius 1 is 1.11 bits per heavy atom. The first kappa shape index (κ1) is 14.3. The second-order valence-electron chi connectivity index (χ2n) is 3.96. The highest BCUT2D eigenvalue weighted by Crippen LogP contribution is 2.27. The van der Waals surface area contributed by atoms with Crippen LogP contribution in [0.25, 0.3) is 0 Å². The van der Waals surface area contributed by atoms with E-state index in [0.717, 1.165) is 17.0 Å². The highest BCUT2D eigenvalue weighted by atomic mass is 35.5. The topological polar surface area (TPSA) is 20.2 Å². The Labute approximate surface area is 119 Å². The summed E-state index contributed by atoms with van der Waals surface area (Å²) in [5.41, 5.74) is 0.355. The average Bonchev–Trinajstić information content (AvgIpc) is 2.39. The van der Waals surface area contributed by atoms with E-state index in [1.807, 2.05) is 12.1 Å². The maximum Gasteiger partial charge on any atom is 0.159 e. The van der Waals surface area contributed by atoms with E-state index in [1.54, 1.807) is 12.1 Å². The number of rotatable bonds is 4. The van der Waals surface area contributed by atoms with E-state index < -0.39 is 17.7 Å². The molecule has 0 aliphatic carbocycles. The van der Waals surface area contributed by atoms with Crippen molar-refractivity contribution in [3.05, 3.63) is 64.7 Å². The van der Waals surface area contributed by atoms with Gasteiger partial charge in [0, 0.05) is 15.7 Å². The normalized spacial score (nSPS) is 12.4. The molecule has 0 aliphatic heterocycles. The number of hydrogen-bond acceptors (Lipinski definition) is 2. The van der Waals surface area contributed by atoms with E-state index in [2.05, 4.69) is 0 Å². The van der Waals surface area contributed by atoms with E-state index in [4.69, 9.17) is 11.6 Å². The zero-order valence-corrected chi connectivity index (χ0v) is 11.4. The molecule has 2 aromatic rings. The van der Waals surface area contributed by atoms with Gasteiger partial charge >= 0.3 is 0 Å². The molecule has 0 bridgehead atoms. The third-order valence-electron chi connectivity index (χ3n) is 2.53. The van der Waals surface area contributed by atoms with E-state index in [0.29, 0.717) is 16.3 Å². The van der Waals surface area contributed by atoms with Crippen LogP contribution in [0, 0.1) is 11.6 Å². The van der Waals surface area contributed by atoms with Crippen LogP contribution >= 0.6 is 23.4 Å². The first-order chi connectivity index (χ1) is 9.06. The van der Waals surface area contributed by atoms with Crippen molar-refractivity contribution in [3.8, 4) is 0 Å². The Bertz CT molecular complexity index is 577. The fraction of sp³-hybridized carbons (Fsp3) is 0.143. The second kappa shape index (κ2) is 6.37.